The Hall–Kier alpha value is -1.07. The van der Waals surface area contributed by atoms with Crippen molar-refractivity contribution < 1.29 is 19.7 Å². The Morgan fingerprint density at radius 1 is 1.59 bits per heavy atom. The van der Waals surface area contributed by atoms with Crippen LogP contribution in [0.1, 0.15) is 25.7 Å². The van der Waals surface area contributed by atoms with Gasteiger partial charge in [0.25, 0.3) is 0 Å². The molecule has 0 bridgehead atoms. The molecule has 5 heteroatoms. The van der Waals surface area contributed by atoms with Crippen LogP contribution >= 0.6 is 0 Å². The average molecular weight is 243 g/mol. The first-order valence-electron chi connectivity index (χ1n) is 6.03. The normalized spacial score (nSPS) is 21.5. The minimum atomic E-state index is -0.870. The van der Waals surface area contributed by atoms with Crippen molar-refractivity contribution in [2.24, 2.45) is 0 Å². The molecular weight excluding hydrogens is 222 g/mol. The summed E-state index contributed by atoms with van der Waals surface area (Å²) in [5.74, 6) is 0. The van der Waals surface area contributed by atoms with Crippen LogP contribution in [0.3, 0.4) is 0 Å². The van der Waals surface area contributed by atoms with Gasteiger partial charge in [0, 0.05) is 13.2 Å². The Bertz CT molecular complexity index is 257. The molecule has 0 spiro atoms. The standard InChI is InChI=1S/C12H21NO4/c1-2-10(14)5-3-4-8-17-11-6-7-13(9-11)12(15)16/h2,10-11,14H,1,3-9H2,(H,15,16)/t10-,11+/m0/s1. The maximum atomic E-state index is 10.7. The van der Waals surface area contributed by atoms with Crippen LogP contribution in [0.25, 0.3) is 0 Å². The predicted octanol–water partition coefficient (Wildman–Crippen LogP) is 1.47. The zero-order chi connectivity index (χ0) is 12.7. The van der Waals surface area contributed by atoms with Gasteiger partial charge < -0.3 is 19.8 Å². The van der Waals surface area contributed by atoms with Crippen molar-refractivity contribution in [2.75, 3.05) is 19.7 Å². The lowest BCUT2D eigenvalue weighted by Crippen LogP contribution is -2.28. The molecule has 1 aliphatic rings. The number of nitrogens with zero attached hydrogens (tertiary/aromatic N) is 1. The molecule has 0 aromatic heterocycles. The summed E-state index contributed by atoms with van der Waals surface area (Å²) >= 11 is 0. The third-order valence-corrected chi connectivity index (χ3v) is 2.94. The Labute approximate surface area is 102 Å². The second-order valence-electron chi connectivity index (χ2n) is 4.31. The molecule has 2 atom stereocenters. The number of aliphatic hydroxyl groups is 1. The molecule has 0 radical (unpaired) electrons. The Morgan fingerprint density at radius 3 is 2.94 bits per heavy atom. The first kappa shape index (κ1) is 14.0. The van der Waals surface area contributed by atoms with Crippen LogP contribution in [-0.2, 0) is 4.74 Å². The summed E-state index contributed by atoms with van der Waals surface area (Å²) in [5.41, 5.74) is 0. The van der Waals surface area contributed by atoms with Crippen molar-refractivity contribution in [3.05, 3.63) is 12.7 Å². The van der Waals surface area contributed by atoms with E-state index in [0.29, 0.717) is 26.1 Å². The van der Waals surface area contributed by atoms with Crippen molar-refractivity contribution in [2.45, 2.75) is 37.9 Å². The molecule has 17 heavy (non-hydrogen) atoms. The van der Waals surface area contributed by atoms with Gasteiger partial charge >= 0.3 is 6.09 Å². The van der Waals surface area contributed by atoms with Gasteiger partial charge in [0.05, 0.1) is 18.8 Å². The number of likely N-dealkylation sites (tertiary alicyclic amines) is 1. The molecule has 0 aliphatic carbocycles. The Balaban J connectivity index is 2.01. The van der Waals surface area contributed by atoms with E-state index in [4.69, 9.17) is 9.84 Å². The number of ether oxygens (including phenoxy) is 1. The third kappa shape index (κ3) is 5.19. The average Bonchev–Trinajstić information content (AvgIpc) is 2.77. The van der Waals surface area contributed by atoms with E-state index in [1.807, 2.05) is 0 Å². The molecule has 0 aromatic rings. The Morgan fingerprint density at radius 2 is 2.35 bits per heavy atom. The first-order chi connectivity index (χ1) is 8.13. The van der Waals surface area contributed by atoms with Gasteiger partial charge in [-0.25, -0.2) is 4.79 Å². The maximum absolute atomic E-state index is 10.7. The quantitative estimate of drug-likeness (QED) is 0.525. The van der Waals surface area contributed by atoms with Gasteiger partial charge in [0.2, 0.25) is 0 Å². The summed E-state index contributed by atoms with van der Waals surface area (Å²) in [7, 11) is 0. The number of amides is 1. The lowest BCUT2D eigenvalue weighted by atomic mass is 10.1. The maximum Gasteiger partial charge on any atom is 0.407 e. The number of hydrogen-bond donors (Lipinski definition) is 2. The van der Waals surface area contributed by atoms with E-state index in [2.05, 4.69) is 6.58 Å². The number of carboxylic acid groups (broad SMARTS) is 1. The summed E-state index contributed by atoms with van der Waals surface area (Å²) in [6.45, 7) is 5.17. The minimum absolute atomic E-state index is 0.0374. The first-order valence-corrected chi connectivity index (χ1v) is 6.03. The number of hydrogen-bond acceptors (Lipinski definition) is 3. The van der Waals surface area contributed by atoms with Crippen molar-refractivity contribution in [1.29, 1.82) is 0 Å². The zero-order valence-electron chi connectivity index (χ0n) is 10.0. The molecule has 1 rings (SSSR count). The van der Waals surface area contributed by atoms with Crippen molar-refractivity contribution in [3.8, 4) is 0 Å². The molecule has 1 saturated heterocycles. The monoisotopic (exact) mass is 243 g/mol. The van der Waals surface area contributed by atoms with E-state index in [1.165, 1.54) is 11.0 Å². The fourth-order valence-electron chi connectivity index (χ4n) is 1.86. The molecular formula is C12H21NO4. The predicted molar refractivity (Wildman–Crippen MR) is 64.0 cm³/mol. The van der Waals surface area contributed by atoms with Gasteiger partial charge in [0.15, 0.2) is 0 Å². The molecule has 2 N–H and O–H groups in total. The van der Waals surface area contributed by atoms with Gasteiger partial charge in [0.1, 0.15) is 0 Å². The topological polar surface area (TPSA) is 70.0 Å². The molecule has 0 saturated carbocycles. The lowest BCUT2D eigenvalue weighted by molar-refractivity contribution is 0.0547. The number of rotatable bonds is 7. The molecule has 1 fully saturated rings. The molecule has 0 aromatic carbocycles. The van der Waals surface area contributed by atoms with Crippen LogP contribution in [0.15, 0.2) is 12.7 Å². The van der Waals surface area contributed by atoms with E-state index >= 15 is 0 Å². The van der Waals surface area contributed by atoms with E-state index in [9.17, 15) is 9.90 Å². The van der Waals surface area contributed by atoms with E-state index in [1.54, 1.807) is 0 Å². The largest absolute Gasteiger partial charge is 0.465 e. The molecule has 5 nitrogen and oxygen atoms in total. The minimum Gasteiger partial charge on any atom is -0.465 e. The van der Waals surface area contributed by atoms with Gasteiger partial charge in [-0.2, -0.15) is 0 Å². The highest BCUT2D eigenvalue weighted by Crippen LogP contribution is 2.13. The molecule has 1 amide bonds. The highest BCUT2D eigenvalue weighted by molar-refractivity contribution is 5.65. The number of unbranched alkanes of at least 4 members (excludes halogenated alkanes) is 1. The lowest BCUT2D eigenvalue weighted by Gasteiger charge is -2.13. The fourth-order valence-corrected chi connectivity index (χ4v) is 1.86. The second-order valence-corrected chi connectivity index (χ2v) is 4.31. The van der Waals surface area contributed by atoms with Crippen molar-refractivity contribution in [3.63, 3.8) is 0 Å². The van der Waals surface area contributed by atoms with Crippen LogP contribution in [0, 0.1) is 0 Å². The number of aliphatic hydroxyl groups excluding tert-OH is 1. The van der Waals surface area contributed by atoms with Gasteiger partial charge in [-0.3, -0.25) is 0 Å². The SMILES string of the molecule is C=C[C@H](O)CCCCO[C@@H]1CCN(C(=O)O)C1. The molecule has 98 valence electrons. The summed E-state index contributed by atoms with van der Waals surface area (Å²) in [6.07, 6.45) is 3.53. The second kappa shape index (κ2) is 7.29. The summed E-state index contributed by atoms with van der Waals surface area (Å²) in [4.78, 5) is 12.0. The van der Waals surface area contributed by atoms with E-state index in [-0.39, 0.29) is 6.10 Å². The highest BCUT2D eigenvalue weighted by atomic mass is 16.5. The van der Waals surface area contributed by atoms with Gasteiger partial charge in [-0.15, -0.1) is 6.58 Å². The summed E-state index contributed by atoms with van der Waals surface area (Å²) in [6, 6.07) is 0. The van der Waals surface area contributed by atoms with Gasteiger partial charge in [-0.05, 0) is 25.7 Å². The molecule has 1 aliphatic heterocycles. The van der Waals surface area contributed by atoms with E-state index < -0.39 is 12.2 Å². The summed E-state index contributed by atoms with van der Waals surface area (Å²) < 4.78 is 5.59. The number of carbonyl (C=O) groups is 1. The highest BCUT2D eigenvalue weighted by Gasteiger charge is 2.25. The van der Waals surface area contributed by atoms with Crippen LogP contribution in [-0.4, -0.2) is 53.1 Å². The van der Waals surface area contributed by atoms with Crippen LogP contribution in [0.2, 0.25) is 0 Å². The van der Waals surface area contributed by atoms with Crippen molar-refractivity contribution in [1.82, 2.24) is 4.90 Å². The van der Waals surface area contributed by atoms with Crippen LogP contribution in [0.5, 0.6) is 0 Å². The summed E-state index contributed by atoms with van der Waals surface area (Å²) in [5, 5.41) is 18.0. The van der Waals surface area contributed by atoms with Crippen LogP contribution < -0.4 is 0 Å². The zero-order valence-corrected chi connectivity index (χ0v) is 10.0. The molecule has 1 heterocycles. The van der Waals surface area contributed by atoms with Crippen molar-refractivity contribution >= 4 is 6.09 Å². The molecule has 0 unspecified atom stereocenters. The van der Waals surface area contributed by atoms with Gasteiger partial charge in [-0.1, -0.05) is 6.08 Å². The fraction of sp³-hybridized carbons (Fsp3) is 0.750. The third-order valence-electron chi connectivity index (χ3n) is 2.94. The smallest absolute Gasteiger partial charge is 0.407 e. The van der Waals surface area contributed by atoms with E-state index in [0.717, 1.165) is 19.3 Å². The van der Waals surface area contributed by atoms with Crippen LogP contribution in [0.4, 0.5) is 4.79 Å². The Kier molecular flexibility index (Phi) is 6.00.